The van der Waals surface area contributed by atoms with Crippen LogP contribution in [0.4, 0.5) is 4.39 Å². The lowest BCUT2D eigenvalue weighted by molar-refractivity contribution is -0.270. The van der Waals surface area contributed by atoms with Gasteiger partial charge < -0.3 is 29.8 Å². The molecule has 8 nitrogen and oxygen atoms in total. The van der Waals surface area contributed by atoms with Crippen molar-refractivity contribution in [2.75, 3.05) is 6.61 Å². The first kappa shape index (κ1) is 13.9. The van der Waals surface area contributed by atoms with E-state index >= 15 is 0 Å². The van der Waals surface area contributed by atoms with Gasteiger partial charge in [-0.2, -0.15) is 0 Å². The maximum Gasteiger partial charge on any atom is 0.469 e. The summed E-state index contributed by atoms with van der Waals surface area (Å²) in [7, 11) is -4.76. The summed E-state index contributed by atoms with van der Waals surface area (Å²) < 4.78 is 31.7. The molecule has 0 radical (unpaired) electrons. The monoisotopic (exact) mass is 262 g/mol. The summed E-state index contributed by atoms with van der Waals surface area (Å²) in [4.78, 5) is 16.7. The Labute approximate surface area is 89.5 Å². The minimum Gasteiger partial charge on any atom is -0.387 e. The molecule has 10 heteroatoms. The van der Waals surface area contributed by atoms with Crippen molar-refractivity contribution in [1.29, 1.82) is 0 Å². The lowest BCUT2D eigenvalue weighted by Crippen LogP contribution is -2.57. The minimum absolute atomic E-state index is 0.785. The van der Waals surface area contributed by atoms with Gasteiger partial charge in [0.25, 0.3) is 0 Å². The van der Waals surface area contributed by atoms with Crippen LogP contribution in [-0.2, 0) is 13.8 Å². The van der Waals surface area contributed by atoms with Gasteiger partial charge in [0.2, 0.25) is 0 Å². The van der Waals surface area contributed by atoms with E-state index in [0.717, 1.165) is 0 Å². The van der Waals surface area contributed by atoms with Gasteiger partial charge in [-0.15, -0.1) is 0 Å². The fraction of sp³-hybridized carbons (Fsp3) is 1.00. The number of hydrogen-bond donors (Lipinski definition) is 5. The minimum atomic E-state index is -4.76. The first-order chi connectivity index (χ1) is 7.22. The van der Waals surface area contributed by atoms with E-state index in [-0.39, 0.29) is 0 Å². The van der Waals surface area contributed by atoms with Crippen LogP contribution in [0, 0.1) is 0 Å². The Hall–Kier alpha value is -0.120. The topological polar surface area (TPSA) is 137 Å². The maximum atomic E-state index is 12.9. The second kappa shape index (κ2) is 5.03. The second-order valence-corrected chi connectivity index (χ2v) is 4.52. The zero-order valence-electron chi connectivity index (χ0n) is 7.88. The average Bonchev–Trinajstić information content (AvgIpc) is 2.17. The molecule has 1 aliphatic heterocycles. The van der Waals surface area contributed by atoms with Gasteiger partial charge in [0.05, 0.1) is 6.61 Å². The molecule has 0 aromatic carbocycles. The molecular weight excluding hydrogens is 250 g/mol. The predicted molar refractivity (Wildman–Crippen MR) is 45.8 cm³/mol. The zero-order chi connectivity index (χ0) is 12.5. The summed E-state index contributed by atoms with van der Waals surface area (Å²) in [6.07, 6.45) is -9.26. The smallest absolute Gasteiger partial charge is 0.387 e. The first-order valence-electron chi connectivity index (χ1n) is 4.26. The van der Waals surface area contributed by atoms with Crippen molar-refractivity contribution in [3.63, 3.8) is 0 Å². The van der Waals surface area contributed by atoms with E-state index in [1.54, 1.807) is 0 Å². The number of halogens is 1. The van der Waals surface area contributed by atoms with Crippen LogP contribution in [0.2, 0.25) is 0 Å². The highest BCUT2D eigenvalue weighted by Gasteiger charge is 2.44. The predicted octanol–water partition coefficient (Wildman–Crippen LogP) is -2.13. The Morgan fingerprint density at radius 1 is 1.25 bits per heavy atom. The molecule has 5 N–H and O–H groups in total. The van der Waals surface area contributed by atoms with Crippen molar-refractivity contribution in [3.05, 3.63) is 0 Å². The third kappa shape index (κ3) is 3.44. The van der Waals surface area contributed by atoms with Crippen LogP contribution < -0.4 is 0 Å². The van der Waals surface area contributed by atoms with Gasteiger partial charge in [-0.1, -0.05) is 0 Å². The van der Waals surface area contributed by atoms with Crippen molar-refractivity contribution >= 4 is 7.82 Å². The van der Waals surface area contributed by atoms with Crippen LogP contribution >= 0.6 is 7.82 Å². The van der Waals surface area contributed by atoms with Gasteiger partial charge in [-0.05, 0) is 0 Å². The molecule has 1 rings (SSSR count). The molecule has 0 spiro atoms. The molecule has 0 unspecified atom stereocenters. The van der Waals surface area contributed by atoms with Crippen molar-refractivity contribution in [1.82, 2.24) is 0 Å². The largest absolute Gasteiger partial charge is 0.469 e. The molecule has 0 aliphatic carbocycles. The Morgan fingerprint density at radius 3 is 2.31 bits per heavy atom. The van der Waals surface area contributed by atoms with E-state index in [0.29, 0.717) is 0 Å². The highest BCUT2D eigenvalue weighted by Crippen LogP contribution is 2.36. The first-order valence-corrected chi connectivity index (χ1v) is 5.79. The van der Waals surface area contributed by atoms with Gasteiger partial charge in [0.1, 0.15) is 18.3 Å². The zero-order valence-corrected chi connectivity index (χ0v) is 8.77. The molecule has 1 saturated heterocycles. The lowest BCUT2D eigenvalue weighted by Gasteiger charge is -2.36. The van der Waals surface area contributed by atoms with Crippen LogP contribution in [0.15, 0.2) is 0 Å². The molecule has 0 amide bonds. The second-order valence-electron chi connectivity index (χ2n) is 3.28. The Balaban J connectivity index is 2.57. The number of alkyl halides is 1. The van der Waals surface area contributed by atoms with Gasteiger partial charge in [0, 0.05) is 0 Å². The third-order valence-corrected chi connectivity index (χ3v) is 2.54. The Morgan fingerprint density at radius 2 is 1.81 bits per heavy atom. The number of hydrogen-bond acceptors (Lipinski definition) is 6. The van der Waals surface area contributed by atoms with Crippen LogP contribution in [0.3, 0.4) is 0 Å². The van der Waals surface area contributed by atoms with E-state index in [1.165, 1.54) is 0 Å². The molecule has 0 aromatic heterocycles. The molecule has 1 heterocycles. The van der Waals surface area contributed by atoms with E-state index < -0.39 is 45.2 Å². The molecule has 1 fully saturated rings. The SMILES string of the molecule is O=P(O)(O)OC[C@H]1O[C@@H](O)[C@H](F)[C@@H](O)[C@@H]1O. The fourth-order valence-corrected chi connectivity index (χ4v) is 1.56. The number of ether oxygens (including phenoxy) is 1. The molecular formula is C6H12FO8P. The van der Waals surface area contributed by atoms with Crippen LogP contribution in [0.25, 0.3) is 0 Å². The van der Waals surface area contributed by atoms with Crippen molar-refractivity contribution in [2.45, 2.75) is 30.8 Å². The molecule has 0 aromatic rings. The van der Waals surface area contributed by atoms with E-state index in [1.807, 2.05) is 0 Å². The molecule has 0 saturated carbocycles. The molecule has 96 valence electrons. The normalized spacial score (nSPS) is 41.0. The summed E-state index contributed by atoms with van der Waals surface area (Å²) in [6, 6.07) is 0. The van der Waals surface area contributed by atoms with E-state index in [4.69, 9.17) is 20.0 Å². The summed E-state index contributed by atoms with van der Waals surface area (Å²) in [6.45, 7) is -0.785. The fourth-order valence-electron chi connectivity index (χ4n) is 1.22. The third-order valence-electron chi connectivity index (χ3n) is 2.05. The number of phosphoric ester groups is 1. The van der Waals surface area contributed by atoms with Crippen molar-refractivity contribution in [3.8, 4) is 0 Å². The lowest BCUT2D eigenvalue weighted by atomic mass is 10.0. The molecule has 16 heavy (non-hydrogen) atoms. The number of rotatable bonds is 3. The standard InChI is InChI=1S/C6H12FO8P/c7-3-5(9)4(8)2(15-6(3)10)1-14-16(11,12)13/h2-6,8-10H,1H2,(H2,11,12,13)/t2-,3-,4-,5-,6-/m1/s1. The average molecular weight is 262 g/mol. The van der Waals surface area contributed by atoms with E-state index in [2.05, 4.69) is 9.26 Å². The van der Waals surface area contributed by atoms with Gasteiger partial charge in [0.15, 0.2) is 12.5 Å². The molecule has 0 bridgehead atoms. The van der Waals surface area contributed by atoms with Gasteiger partial charge in [-0.3, -0.25) is 4.52 Å². The number of aliphatic hydroxyl groups is 3. The van der Waals surface area contributed by atoms with Crippen LogP contribution in [0.5, 0.6) is 0 Å². The Bertz CT molecular complexity index is 282. The highest BCUT2D eigenvalue weighted by molar-refractivity contribution is 7.46. The number of aliphatic hydroxyl groups excluding tert-OH is 3. The van der Waals surface area contributed by atoms with Crippen molar-refractivity contribution in [2.24, 2.45) is 0 Å². The van der Waals surface area contributed by atoms with Gasteiger partial charge >= 0.3 is 7.82 Å². The van der Waals surface area contributed by atoms with Crippen LogP contribution in [0.1, 0.15) is 0 Å². The van der Waals surface area contributed by atoms with Gasteiger partial charge in [-0.25, -0.2) is 8.96 Å². The van der Waals surface area contributed by atoms with Crippen LogP contribution in [-0.4, -0.2) is 62.5 Å². The summed E-state index contributed by atoms with van der Waals surface area (Å²) in [5.74, 6) is 0. The maximum absolute atomic E-state index is 12.9. The number of phosphoric acid groups is 1. The summed E-state index contributed by atoms with van der Waals surface area (Å²) in [5, 5.41) is 27.3. The highest BCUT2D eigenvalue weighted by atomic mass is 31.2. The quantitative estimate of drug-likeness (QED) is 0.364. The van der Waals surface area contributed by atoms with E-state index in [9.17, 15) is 14.1 Å². The molecule has 1 aliphatic rings. The van der Waals surface area contributed by atoms with Crippen molar-refractivity contribution < 1.29 is 43.3 Å². The Kier molecular flexibility index (Phi) is 4.38. The molecule has 5 atom stereocenters. The summed E-state index contributed by atoms with van der Waals surface area (Å²) in [5.41, 5.74) is 0. The summed E-state index contributed by atoms with van der Waals surface area (Å²) >= 11 is 0.